The van der Waals surface area contributed by atoms with E-state index in [1.165, 1.54) is 0 Å². The number of aromatic nitrogens is 4. The van der Waals surface area contributed by atoms with Crippen LogP contribution in [0.25, 0.3) is 33.1 Å². The average Bonchev–Trinajstić information content (AvgIpc) is 3.29. The number of nitrogens with zero attached hydrogens (tertiary/aromatic N) is 2. The summed E-state index contributed by atoms with van der Waals surface area (Å²) in [4.78, 5) is 21.0. The highest BCUT2D eigenvalue weighted by molar-refractivity contribution is 6.05. The second-order valence-corrected chi connectivity index (χ2v) is 6.84. The summed E-state index contributed by atoms with van der Waals surface area (Å²) in [5.74, 6) is -1.71. The summed E-state index contributed by atoms with van der Waals surface area (Å²) in [5.41, 5.74) is 3.97. The van der Waals surface area contributed by atoms with Crippen LogP contribution in [-0.4, -0.2) is 25.9 Å². The van der Waals surface area contributed by atoms with E-state index >= 15 is 0 Å². The number of aromatic amines is 2. The Bertz CT molecular complexity index is 1350. The van der Waals surface area contributed by atoms with Gasteiger partial charge in [0.2, 0.25) is 0 Å². The number of hydrogen-bond donors (Lipinski definition) is 2. The van der Waals surface area contributed by atoms with Crippen molar-refractivity contribution in [1.82, 2.24) is 20.2 Å². The zero-order valence-corrected chi connectivity index (χ0v) is 15.0. The topological polar surface area (TPSA) is 74.4 Å². The zero-order chi connectivity index (χ0) is 20.0. The molecule has 0 aliphatic heterocycles. The molecule has 5 aromatic rings. The fraction of sp³-hybridized carbons (Fsp3) is 0.0455. The molecular formula is C22H14F2N4O. The fourth-order valence-corrected chi connectivity index (χ4v) is 3.51. The smallest absolute Gasteiger partial charge is 0.185 e. The number of carbonyl (C=O) groups is 1. The third kappa shape index (κ3) is 3.16. The van der Waals surface area contributed by atoms with Crippen LogP contribution in [0, 0.1) is 11.6 Å². The van der Waals surface area contributed by atoms with Gasteiger partial charge in [-0.25, -0.2) is 13.8 Å². The number of ketones is 1. The maximum atomic E-state index is 13.4. The molecule has 2 N–H and O–H groups in total. The van der Waals surface area contributed by atoms with Gasteiger partial charge in [0, 0.05) is 41.2 Å². The summed E-state index contributed by atoms with van der Waals surface area (Å²) < 4.78 is 26.7. The largest absolute Gasteiger partial charge is 0.300 e. The summed E-state index contributed by atoms with van der Waals surface area (Å²) in [7, 11) is 0. The molecule has 0 radical (unpaired) electrons. The number of fused-ring (bicyclic) bond motifs is 2. The number of nitrogens with one attached hydrogen (secondary N) is 2. The number of pyridine rings is 1. The van der Waals surface area contributed by atoms with Crippen LogP contribution in [0.1, 0.15) is 16.1 Å². The van der Waals surface area contributed by atoms with Crippen molar-refractivity contribution < 1.29 is 13.6 Å². The second kappa shape index (κ2) is 6.63. The average molecular weight is 388 g/mol. The first-order valence-electron chi connectivity index (χ1n) is 8.96. The van der Waals surface area contributed by atoms with Gasteiger partial charge < -0.3 is 5.10 Å². The maximum absolute atomic E-state index is 13.4. The number of H-pyrrole nitrogens is 2. The summed E-state index contributed by atoms with van der Waals surface area (Å²) in [6.07, 6.45) is 3.32. The highest BCUT2D eigenvalue weighted by Crippen LogP contribution is 2.30. The normalized spacial score (nSPS) is 11.4. The predicted octanol–water partition coefficient (Wildman–Crippen LogP) is 4.81. The molecule has 7 heteroatoms. The van der Waals surface area contributed by atoms with Crippen LogP contribution in [-0.2, 0) is 6.42 Å². The summed E-state index contributed by atoms with van der Waals surface area (Å²) in [6, 6.07) is 12.4. The van der Waals surface area contributed by atoms with Crippen molar-refractivity contribution in [2.75, 3.05) is 0 Å². The summed E-state index contributed by atoms with van der Waals surface area (Å²) in [5, 5.41) is 8.05. The standard InChI is InChI=1S/C22H14F2N4O/c23-15-5-12(6-16(24)10-15)7-21(29)20-9-14-8-17-19(11-18(14)26-20)27-28-22(17)13-1-3-25-4-2-13/h1-6,8-11,27-28H,7H2. The van der Waals surface area contributed by atoms with Gasteiger partial charge in [-0.3, -0.25) is 14.9 Å². The predicted molar refractivity (Wildman–Crippen MR) is 106 cm³/mol. The van der Waals surface area contributed by atoms with Gasteiger partial charge in [-0.05, 0) is 48.0 Å². The Morgan fingerprint density at radius 2 is 1.69 bits per heavy atom. The number of rotatable bonds is 4. The Hall–Kier alpha value is -3.87. The third-order valence-corrected chi connectivity index (χ3v) is 4.83. The van der Waals surface area contributed by atoms with Crippen molar-refractivity contribution in [1.29, 1.82) is 0 Å². The molecule has 5 nitrogen and oxygen atoms in total. The van der Waals surface area contributed by atoms with E-state index in [4.69, 9.17) is 0 Å². The van der Waals surface area contributed by atoms with Gasteiger partial charge in [-0.1, -0.05) is 0 Å². The van der Waals surface area contributed by atoms with Crippen LogP contribution < -0.4 is 0 Å². The monoisotopic (exact) mass is 388 g/mol. The van der Waals surface area contributed by atoms with Crippen molar-refractivity contribution in [3.8, 4) is 11.3 Å². The van der Waals surface area contributed by atoms with E-state index in [0.717, 1.165) is 45.7 Å². The van der Waals surface area contributed by atoms with Crippen LogP contribution in [0.4, 0.5) is 8.78 Å². The van der Waals surface area contributed by atoms with Gasteiger partial charge in [0.15, 0.2) is 5.78 Å². The van der Waals surface area contributed by atoms with E-state index in [-0.39, 0.29) is 23.5 Å². The minimum Gasteiger partial charge on any atom is -0.300 e. The van der Waals surface area contributed by atoms with Gasteiger partial charge in [-0.15, -0.1) is 0 Å². The molecule has 0 aliphatic carbocycles. The Labute approximate surface area is 163 Å². The number of benzene rings is 2. The van der Waals surface area contributed by atoms with Gasteiger partial charge >= 0.3 is 0 Å². The Balaban J connectivity index is 1.52. The molecule has 0 atom stereocenters. The lowest BCUT2D eigenvalue weighted by molar-refractivity contribution is 0.0989. The molecule has 0 amide bonds. The summed E-state index contributed by atoms with van der Waals surface area (Å²) >= 11 is 0. The lowest BCUT2D eigenvalue weighted by Crippen LogP contribution is -2.04. The van der Waals surface area contributed by atoms with Crippen LogP contribution >= 0.6 is 0 Å². The molecule has 0 fully saturated rings. The molecule has 29 heavy (non-hydrogen) atoms. The maximum Gasteiger partial charge on any atom is 0.185 e. The molecule has 142 valence electrons. The van der Waals surface area contributed by atoms with E-state index < -0.39 is 11.6 Å². The van der Waals surface area contributed by atoms with E-state index in [1.54, 1.807) is 18.5 Å². The Kier molecular flexibility index (Phi) is 3.94. The molecule has 0 saturated heterocycles. The Morgan fingerprint density at radius 3 is 2.45 bits per heavy atom. The molecular weight excluding hydrogens is 374 g/mol. The van der Waals surface area contributed by atoms with Crippen molar-refractivity contribution in [2.45, 2.75) is 6.42 Å². The first-order valence-corrected chi connectivity index (χ1v) is 8.96. The van der Waals surface area contributed by atoms with Crippen molar-refractivity contribution in [3.05, 3.63) is 83.8 Å². The van der Waals surface area contributed by atoms with E-state index in [2.05, 4.69) is 20.2 Å². The van der Waals surface area contributed by atoms with E-state index in [9.17, 15) is 13.6 Å². The van der Waals surface area contributed by atoms with Gasteiger partial charge in [0.25, 0.3) is 0 Å². The quantitative estimate of drug-likeness (QED) is 0.434. The first-order chi connectivity index (χ1) is 14.1. The number of Topliss-reactive ketones (excluding diaryl/α,β-unsaturated/α-hetero) is 1. The van der Waals surface area contributed by atoms with Crippen molar-refractivity contribution >= 4 is 27.6 Å². The third-order valence-electron chi connectivity index (χ3n) is 4.83. The van der Waals surface area contributed by atoms with Crippen molar-refractivity contribution in [2.24, 2.45) is 0 Å². The van der Waals surface area contributed by atoms with Crippen LogP contribution in [0.2, 0.25) is 0 Å². The SMILES string of the molecule is O=C(Cc1cc(F)cc(F)c1)c1cc2cc3c(-c4ccncc4)[nH][nH]c3cc2n1. The van der Waals surface area contributed by atoms with Crippen LogP contribution in [0.3, 0.4) is 0 Å². The molecule has 0 saturated carbocycles. The lowest BCUT2D eigenvalue weighted by Gasteiger charge is -2.00. The molecule has 3 heterocycles. The number of hydrogen-bond acceptors (Lipinski definition) is 3. The molecule has 0 spiro atoms. The zero-order valence-electron chi connectivity index (χ0n) is 15.0. The Morgan fingerprint density at radius 1 is 0.931 bits per heavy atom. The van der Waals surface area contributed by atoms with Crippen LogP contribution in [0.5, 0.6) is 0 Å². The van der Waals surface area contributed by atoms with Gasteiger partial charge in [0.1, 0.15) is 17.3 Å². The molecule has 0 bridgehead atoms. The summed E-state index contributed by atoms with van der Waals surface area (Å²) in [6.45, 7) is 0. The minimum absolute atomic E-state index is 0.119. The first kappa shape index (κ1) is 17.2. The van der Waals surface area contributed by atoms with Crippen LogP contribution in [0.15, 0.2) is 60.9 Å². The highest BCUT2D eigenvalue weighted by Gasteiger charge is 2.15. The molecule has 0 aliphatic rings. The minimum atomic E-state index is -0.706. The van der Waals surface area contributed by atoms with Gasteiger partial charge in [0.05, 0.1) is 16.7 Å². The number of halogens is 2. The lowest BCUT2D eigenvalue weighted by atomic mass is 10.1. The van der Waals surface area contributed by atoms with E-state index in [0.29, 0.717) is 5.52 Å². The number of carbonyl (C=O) groups excluding carboxylic acids is 1. The second-order valence-electron chi connectivity index (χ2n) is 6.84. The molecule has 0 unspecified atom stereocenters. The molecule has 2 aromatic carbocycles. The van der Waals surface area contributed by atoms with E-state index in [1.807, 2.05) is 24.3 Å². The fourth-order valence-electron chi connectivity index (χ4n) is 3.51. The molecule has 5 rings (SSSR count). The van der Waals surface area contributed by atoms with Gasteiger partial charge in [-0.2, -0.15) is 0 Å². The molecule has 3 aromatic heterocycles. The van der Waals surface area contributed by atoms with Crippen molar-refractivity contribution in [3.63, 3.8) is 0 Å². The highest BCUT2D eigenvalue weighted by atomic mass is 19.1.